The molecule has 0 saturated heterocycles. The fourth-order valence-corrected chi connectivity index (χ4v) is 2.02. The van der Waals surface area contributed by atoms with Crippen LogP contribution >= 0.6 is 0 Å². The molecule has 0 fully saturated rings. The van der Waals surface area contributed by atoms with Crippen LogP contribution < -0.4 is 10.6 Å². The van der Waals surface area contributed by atoms with Crippen molar-refractivity contribution >= 4 is 11.4 Å². The Morgan fingerprint density at radius 2 is 1.84 bits per heavy atom. The predicted octanol–water partition coefficient (Wildman–Crippen LogP) is 2.41. The molecule has 0 unspecified atom stereocenters. The molecular formula is C15H17FN2O. The SMILES string of the molecule is Nc1cc(F)ccc1N(CCO)Cc1ccccc1. The highest BCUT2D eigenvalue weighted by molar-refractivity contribution is 5.67. The van der Waals surface area contributed by atoms with Gasteiger partial charge in [0.25, 0.3) is 0 Å². The van der Waals surface area contributed by atoms with Gasteiger partial charge in [-0.05, 0) is 23.8 Å². The first-order valence-corrected chi connectivity index (χ1v) is 6.15. The molecule has 0 aliphatic rings. The quantitative estimate of drug-likeness (QED) is 0.812. The zero-order valence-corrected chi connectivity index (χ0v) is 10.6. The number of hydrogen-bond donors (Lipinski definition) is 2. The number of aliphatic hydroxyl groups is 1. The number of nitrogens with two attached hydrogens (primary N) is 1. The summed E-state index contributed by atoms with van der Waals surface area (Å²) in [6, 6.07) is 14.2. The molecule has 0 aliphatic carbocycles. The summed E-state index contributed by atoms with van der Waals surface area (Å²) < 4.78 is 13.1. The first-order valence-electron chi connectivity index (χ1n) is 6.15. The van der Waals surface area contributed by atoms with E-state index in [1.165, 1.54) is 12.1 Å². The van der Waals surface area contributed by atoms with Crippen molar-refractivity contribution < 1.29 is 9.50 Å². The topological polar surface area (TPSA) is 49.5 Å². The first-order chi connectivity index (χ1) is 9.20. The van der Waals surface area contributed by atoms with Crippen molar-refractivity contribution in [1.29, 1.82) is 0 Å². The second kappa shape index (κ2) is 6.20. The van der Waals surface area contributed by atoms with Crippen molar-refractivity contribution in [3.63, 3.8) is 0 Å². The molecule has 4 heteroatoms. The Bertz CT molecular complexity index is 531. The maximum atomic E-state index is 13.1. The second-order valence-electron chi connectivity index (χ2n) is 4.33. The minimum absolute atomic E-state index is 0.0175. The summed E-state index contributed by atoms with van der Waals surface area (Å²) in [4.78, 5) is 1.93. The van der Waals surface area contributed by atoms with E-state index in [2.05, 4.69) is 0 Å². The Morgan fingerprint density at radius 1 is 1.11 bits per heavy atom. The third-order valence-electron chi connectivity index (χ3n) is 2.92. The number of benzene rings is 2. The lowest BCUT2D eigenvalue weighted by Gasteiger charge is -2.25. The Morgan fingerprint density at radius 3 is 2.47 bits per heavy atom. The molecule has 0 amide bonds. The number of nitrogen functional groups attached to an aromatic ring is 1. The van der Waals surface area contributed by atoms with Crippen LogP contribution in [0.5, 0.6) is 0 Å². The largest absolute Gasteiger partial charge is 0.397 e. The molecule has 0 heterocycles. The van der Waals surface area contributed by atoms with E-state index in [1.54, 1.807) is 6.07 Å². The summed E-state index contributed by atoms with van der Waals surface area (Å²) >= 11 is 0. The van der Waals surface area contributed by atoms with Crippen LogP contribution in [0.1, 0.15) is 5.56 Å². The van der Waals surface area contributed by atoms with Crippen molar-refractivity contribution in [1.82, 2.24) is 0 Å². The van der Waals surface area contributed by atoms with E-state index < -0.39 is 0 Å². The number of rotatable bonds is 5. The van der Waals surface area contributed by atoms with Crippen LogP contribution in [0.4, 0.5) is 15.8 Å². The summed E-state index contributed by atoms with van der Waals surface area (Å²) in [5, 5.41) is 9.16. The molecule has 3 N–H and O–H groups in total. The monoisotopic (exact) mass is 260 g/mol. The van der Waals surface area contributed by atoms with Crippen LogP contribution in [-0.2, 0) is 6.54 Å². The van der Waals surface area contributed by atoms with E-state index in [4.69, 9.17) is 10.8 Å². The van der Waals surface area contributed by atoms with Gasteiger partial charge in [0.05, 0.1) is 18.0 Å². The van der Waals surface area contributed by atoms with E-state index in [9.17, 15) is 4.39 Å². The van der Waals surface area contributed by atoms with Gasteiger partial charge in [-0.2, -0.15) is 0 Å². The first kappa shape index (κ1) is 13.4. The minimum atomic E-state index is -0.357. The molecule has 0 aromatic heterocycles. The molecule has 0 bridgehead atoms. The van der Waals surface area contributed by atoms with Gasteiger partial charge in [0.15, 0.2) is 0 Å². The normalized spacial score (nSPS) is 10.4. The number of anilines is 2. The number of nitrogens with zero attached hydrogens (tertiary/aromatic N) is 1. The Kier molecular flexibility index (Phi) is 4.36. The van der Waals surface area contributed by atoms with Gasteiger partial charge in [0, 0.05) is 13.1 Å². The average molecular weight is 260 g/mol. The fourth-order valence-electron chi connectivity index (χ4n) is 2.02. The fraction of sp³-hybridized carbons (Fsp3) is 0.200. The standard InChI is InChI=1S/C15H17FN2O/c16-13-6-7-15(14(17)10-13)18(8-9-19)11-12-4-2-1-3-5-12/h1-7,10,19H,8-9,11,17H2. The smallest absolute Gasteiger partial charge is 0.125 e. The zero-order chi connectivity index (χ0) is 13.7. The van der Waals surface area contributed by atoms with Crippen LogP contribution in [0, 0.1) is 5.82 Å². The van der Waals surface area contributed by atoms with Gasteiger partial charge in [-0.3, -0.25) is 0 Å². The lowest BCUT2D eigenvalue weighted by molar-refractivity contribution is 0.301. The van der Waals surface area contributed by atoms with E-state index >= 15 is 0 Å². The molecule has 19 heavy (non-hydrogen) atoms. The molecule has 0 saturated carbocycles. The zero-order valence-electron chi connectivity index (χ0n) is 10.6. The summed E-state index contributed by atoms with van der Waals surface area (Å²) in [6.45, 7) is 1.09. The molecule has 0 spiro atoms. The van der Waals surface area contributed by atoms with E-state index in [-0.39, 0.29) is 12.4 Å². The van der Waals surface area contributed by atoms with Crippen molar-refractivity contribution in [2.24, 2.45) is 0 Å². The lowest BCUT2D eigenvalue weighted by Crippen LogP contribution is -2.26. The van der Waals surface area contributed by atoms with Crippen LogP contribution in [0.25, 0.3) is 0 Å². The van der Waals surface area contributed by atoms with Crippen LogP contribution in [0.15, 0.2) is 48.5 Å². The third-order valence-corrected chi connectivity index (χ3v) is 2.92. The van der Waals surface area contributed by atoms with Gasteiger partial charge in [-0.15, -0.1) is 0 Å². The van der Waals surface area contributed by atoms with Crippen LogP contribution in [-0.4, -0.2) is 18.3 Å². The van der Waals surface area contributed by atoms with Crippen LogP contribution in [0.3, 0.4) is 0 Å². The molecule has 0 aliphatic heterocycles. The van der Waals surface area contributed by atoms with Crippen LogP contribution in [0.2, 0.25) is 0 Å². The molecule has 100 valence electrons. The van der Waals surface area contributed by atoms with Gasteiger partial charge in [-0.25, -0.2) is 4.39 Å². The van der Waals surface area contributed by atoms with Gasteiger partial charge in [0.1, 0.15) is 5.82 Å². The molecule has 2 aromatic rings. The van der Waals surface area contributed by atoms with Crippen molar-refractivity contribution in [2.45, 2.75) is 6.54 Å². The van der Waals surface area contributed by atoms with Crippen molar-refractivity contribution in [2.75, 3.05) is 23.8 Å². The second-order valence-corrected chi connectivity index (χ2v) is 4.33. The maximum absolute atomic E-state index is 13.1. The highest BCUT2D eigenvalue weighted by Crippen LogP contribution is 2.25. The Balaban J connectivity index is 2.24. The van der Waals surface area contributed by atoms with Crippen molar-refractivity contribution in [3.8, 4) is 0 Å². The molecule has 3 nitrogen and oxygen atoms in total. The summed E-state index contributed by atoms with van der Waals surface area (Å²) in [6.07, 6.45) is 0. The summed E-state index contributed by atoms with van der Waals surface area (Å²) in [5.41, 5.74) is 8.07. The molecule has 0 atom stereocenters. The minimum Gasteiger partial charge on any atom is -0.397 e. The summed E-state index contributed by atoms with van der Waals surface area (Å²) in [5.74, 6) is -0.357. The van der Waals surface area contributed by atoms with Gasteiger partial charge >= 0.3 is 0 Å². The average Bonchev–Trinajstić information content (AvgIpc) is 2.39. The molecule has 2 rings (SSSR count). The number of hydrogen-bond acceptors (Lipinski definition) is 3. The van der Waals surface area contributed by atoms with Gasteiger partial charge < -0.3 is 15.7 Å². The van der Waals surface area contributed by atoms with Gasteiger partial charge in [0.2, 0.25) is 0 Å². The van der Waals surface area contributed by atoms with E-state index in [0.29, 0.717) is 18.8 Å². The van der Waals surface area contributed by atoms with Crippen molar-refractivity contribution in [3.05, 3.63) is 59.9 Å². The Hall–Kier alpha value is -2.07. The van der Waals surface area contributed by atoms with E-state index in [0.717, 1.165) is 11.3 Å². The third kappa shape index (κ3) is 3.45. The number of aliphatic hydroxyl groups excluding tert-OH is 1. The maximum Gasteiger partial charge on any atom is 0.125 e. The highest BCUT2D eigenvalue weighted by atomic mass is 19.1. The molecule has 0 radical (unpaired) electrons. The highest BCUT2D eigenvalue weighted by Gasteiger charge is 2.10. The number of halogens is 1. The van der Waals surface area contributed by atoms with Gasteiger partial charge in [-0.1, -0.05) is 30.3 Å². The predicted molar refractivity (Wildman–Crippen MR) is 75.4 cm³/mol. The molecule has 2 aromatic carbocycles. The molecular weight excluding hydrogens is 243 g/mol. The Labute approximate surface area is 112 Å². The van der Waals surface area contributed by atoms with E-state index in [1.807, 2.05) is 35.2 Å². The summed E-state index contributed by atoms with van der Waals surface area (Å²) in [7, 11) is 0. The lowest BCUT2D eigenvalue weighted by atomic mass is 10.2.